The Morgan fingerprint density at radius 2 is 1.74 bits per heavy atom. The van der Waals surface area contributed by atoms with E-state index < -0.39 is 13.0 Å². The van der Waals surface area contributed by atoms with Crippen molar-refractivity contribution in [1.82, 2.24) is 29.1 Å². The van der Waals surface area contributed by atoms with Crippen LogP contribution in [0.2, 0.25) is 0 Å². The van der Waals surface area contributed by atoms with Crippen LogP contribution in [0.15, 0.2) is 30.7 Å². The van der Waals surface area contributed by atoms with E-state index in [1.165, 1.54) is 43.1 Å². The Hall–Kier alpha value is -3.10. The zero-order valence-corrected chi connectivity index (χ0v) is 17.9. The van der Waals surface area contributed by atoms with Gasteiger partial charge in [-0.25, -0.2) is 28.2 Å². The number of fused-ring (bicyclic) bond motifs is 2. The van der Waals surface area contributed by atoms with Crippen molar-refractivity contribution in [2.45, 2.75) is 58.4 Å². The molecular weight excluding hydrogens is 400 g/mol. The molecule has 4 aromatic heterocycles. The number of rotatable bonds is 4. The smallest absolute Gasteiger partial charge is 0.256 e. The van der Waals surface area contributed by atoms with Crippen LogP contribution in [0.4, 0.5) is 14.7 Å². The third kappa shape index (κ3) is 4.65. The molecule has 1 saturated carbocycles. The predicted octanol–water partition coefficient (Wildman–Crippen LogP) is 5.10. The van der Waals surface area contributed by atoms with Gasteiger partial charge in [0, 0.05) is 30.6 Å². The van der Waals surface area contributed by atoms with Gasteiger partial charge < -0.3 is 9.88 Å². The molecule has 1 fully saturated rings. The second-order valence-corrected chi connectivity index (χ2v) is 7.74. The van der Waals surface area contributed by atoms with Gasteiger partial charge in [0.05, 0.1) is 23.8 Å². The first-order valence-electron chi connectivity index (χ1n) is 10.7. The van der Waals surface area contributed by atoms with Crippen molar-refractivity contribution in [2.75, 3.05) is 12.4 Å². The van der Waals surface area contributed by atoms with Gasteiger partial charge in [-0.05, 0) is 19.1 Å². The normalized spacial score (nSPS) is 14.1. The highest BCUT2D eigenvalue weighted by Crippen LogP contribution is 2.28. The predicted molar refractivity (Wildman–Crippen MR) is 117 cm³/mol. The lowest BCUT2D eigenvalue weighted by molar-refractivity contribution is 0.127. The van der Waals surface area contributed by atoms with Crippen LogP contribution >= 0.6 is 0 Å². The molecule has 0 aromatic carbocycles. The van der Waals surface area contributed by atoms with E-state index in [2.05, 4.69) is 25.4 Å². The van der Waals surface area contributed by atoms with Crippen molar-refractivity contribution in [3.8, 4) is 11.1 Å². The quantitative estimate of drug-likeness (QED) is 0.491. The number of nitrogens with zero attached hydrogens (tertiary/aromatic N) is 6. The fraction of sp³-hybridized carbons (Fsp3) is 0.455. The minimum absolute atomic E-state index is 0.404. The number of aryl methyl sites for hydroxylation is 1. The Morgan fingerprint density at radius 3 is 2.39 bits per heavy atom. The highest BCUT2D eigenvalue weighted by molar-refractivity contribution is 5.85. The summed E-state index contributed by atoms with van der Waals surface area (Å²) in [6.07, 6.45) is 11.8. The summed E-state index contributed by atoms with van der Waals surface area (Å²) in [5.74, 6) is 1.03. The van der Waals surface area contributed by atoms with Crippen LogP contribution in [-0.2, 0) is 6.54 Å². The first-order valence-corrected chi connectivity index (χ1v) is 10.7. The fourth-order valence-corrected chi connectivity index (χ4v) is 3.95. The van der Waals surface area contributed by atoms with Crippen LogP contribution in [0, 0.1) is 6.92 Å². The van der Waals surface area contributed by atoms with E-state index >= 15 is 0 Å². The van der Waals surface area contributed by atoms with Gasteiger partial charge in [-0.3, -0.25) is 0 Å². The first kappa shape index (κ1) is 21.1. The van der Waals surface area contributed by atoms with E-state index in [9.17, 15) is 8.78 Å². The van der Waals surface area contributed by atoms with E-state index in [4.69, 9.17) is 0 Å². The largest absolute Gasteiger partial charge is 0.356 e. The van der Waals surface area contributed by atoms with Gasteiger partial charge in [0.1, 0.15) is 5.82 Å². The van der Waals surface area contributed by atoms with Crippen LogP contribution in [0.1, 0.15) is 44.3 Å². The van der Waals surface area contributed by atoms with Gasteiger partial charge in [0.25, 0.3) is 6.43 Å². The molecule has 5 rings (SSSR count). The molecular formula is C22H27F2N7. The summed E-state index contributed by atoms with van der Waals surface area (Å²) in [6, 6.07) is 3.72. The highest BCUT2D eigenvalue weighted by atomic mass is 19.3. The van der Waals surface area contributed by atoms with Crippen molar-refractivity contribution in [3.63, 3.8) is 0 Å². The molecule has 0 aliphatic heterocycles. The fourth-order valence-electron chi connectivity index (χ4n) is 3.95. The second-order valence-electron chi connectivity index (χ2n) is 7.74. The third-order valence-corrected chi connectivity index (χ3v) is 5.57. The number of anilines is 1. The highest BCUT2D eigenvalue weighted by Gasteiger charge is 2.15. The van der Waals surface area contributed by atoms with Gasteiger partial charge in [-0.2, -0.15) is 0 Å². The number of alkyl halides is 2. The SMILES string of the molecule is C1CCCCC1.CNc1ncc2c(-c3cnc4nc(C)n(CC(F)F)c4c3)ccn2n1. The summed E-state index contributed by atoms with van der Waals surface area (Å²) in [6.45, 7) is 1.29. The summed E-state index contributed by atoms with van der Waals surface area (Å²) in [5.41, 5.74) is 3.52. The second kappa shape index (κ2) is 9.36. The molecule has 1 N–H and O–H groups in total. The zero-order valence-electron chi connectivity index (χ0n) is 17.9. The van der Waals surface area contributed by atoms with Crippen molar-refractivity contribution in [2.24, 2.45) is 0 Å². The summed E-state index contributed by atoms with van der Waals surface area (Å²) in [5, 5.41) is 7.20. The van der Waals surface area contributed by atoms with E-state index in [-0.39, 0.29) is 0 Å². The lowest BCUT2D eigenvalue weighted by atomic mass is 10.0. The average molecular weight is 428 g/mol. The van der Waals surface area contributed by atoms with E-state index in [1.54, 1.807) is 30.9 Å². The maximum Gasteiger partial charge on any atom is 0.256 e. The molecule has 4 aromatic rings. The Kier molecular flexibility index (Phi) is 6.39. The molecule has 0 bridgehead atoms. The molecule has 0 unspecified atom stereocenters. The number of aromatic nitrogens is 6. The Morgan fingerprint density at radius 1 is 1.03 bits per heavy atom. The minimum Gasteiger partial charge on any atom is -0.356 e. The molecule has 0 spiro atoms. The topological polar surface area (TPSA) is 72.9 Å². The summed E-state index contributed by atoms with van der Waals surface area (Å²) >= 11 is 0. The lowest BCUT2D eigenvalue weighted by Gasteiger charge is -2.06. The van der Waals surface area contributed by atoms with Crippen LogP contribution in [-0.4, -0.2) is 42.6 Å². The summed E-state index contributed by atoms with van der Waals surface area (Å²) in [7, 11) is 1.75. The van der Waals surface area contributed by atoms with Gasteiger partial charge in [0.15, 0.2) is 5.65 Å². The van der Waals surface area contributed by atoms with Gasteiger partial charge in [-0.15, -0.1) is 5.10 Å². The first-order chi connectivity index (χ1) is 15.1. The van der Waals surface area contributed by atoms with Crippen LogP contribution in [0.3, 0.4) is 0 Å². The molecule has 0 saturated heterocycles. The molecule has 1 aliphatic rings. The third-order valence-electron chi connectivity index (χ3n) is 5.57. The molecule has 9 heteroatoms. The number of hydrogen-bond donors (Lipinski definition) is 1. The summed E-state index contributed by atoms with van der Waals surface area (Å²) < 4.78 is 28.9. The van der Waals surface area contributed by atoms with Crippen LogP contribution in [0.25, 0.3) is 27.8 Å². The molecule has 164 valence electrons. The van der Waals surface area contributed by atoms with Crippen molar-refractivity contribution in [3.05, 3.63) is 36.5 Å². The molecule has 0 amide bonds. The Bertz CT molecular complexity index is 1150. The molecule has 1 aliphatic carbocycles. The Balaban J connectivity index is 0.000000334. The zero-order chi connectivity index (χ0) is 21.8. The van der Waals surface area contributed by atoms with Crippen LogP contribution < -0.4 is 5.32 Å². The van der Waals surface area contributed by atoms with Crippen molar-refractivity contribution in [1.29, 1.82) is 0 Å². The number of pyridine rings is 1. The van der Waals surface area contributed by atoms with Crippen molar-refractivity contribution >= 4 is 22.6 Å². The molecule has 4 heterocycles. The summed E-state index contributed by atoms with van der Waals surface area (Å²) in [4.78, 5) is 12.8. The van der Waals surface area contributed by atoms with Crippen LogP contribution in [0.5, 0.6) is 0 Å². The number of nitrogens with one attached hydrogen (secondary N) is 1. The monoisotopic (exact) mass is 427 g/mol. The number of imidazole rings is 1. The number of halogens is 2. The molecule has 31 heavy (non-hydrogen) atoms. The molecule has 0 radical (unpaired) electrons. The number of hydrogen-bond acceptors (Lipinski definition) is 5. The molecule has 0 atom stereocenters. The lowest BCUT2D eigenvalue weighted by Crippen LogP contribution is -2.08. The van der Waals surface area contributed by atoms with Gasteiger partial charge in [-0.1, -0.05) is 38.5 Å². The minimum atomic E-state index is -2.46. The van der Waals surface area contributed by atoms with Gasteiger partial charge in [0.2, 0.25) is 5.95 Å². The van der Waals surface area contributed by atoms with E-state index in [0.29, 0.717) is 22.9 Å². The maximum absolute atomic E-state index is 12.9. The maximum atomic E-state index is 12.9. The van der Waals surface area contributed by atoms with E-state index in [1.807, 2.05) is 18.3 Å². The van der Waals surface area contributed by atoms with Gasteiger partial charge >= 0.3 is 0 Å². The standard InChI is InChI=1S/C16H15F2N7.C6H12/c1-9-22-15-12(24(9)8-14(17)18)5-10(6-20-15)11-3-4-25-13(11)7-21-16(19-2)23-25;1-2-4-6-5-3-1/h3-7,14H,8H2,1-2H3,(H,19,23);1-6H2. The average Bonchev–Trinajstić information content (AvgIpc) is 3.35. The van der Waals surface area contributed by atoms with Crippen molar-refractivity contribution < 1.29 is 8.78 Å². The molecule has 7 nitrogen and oxygen atoms in total. The Labute approximate surface area is 179 Å². The van der Waals surface area contributed by atoms with E-state index in [0.717, 1.165) is 16.6 Å².